The van der Waals surface area contributed by atoms with Crippen molar-refractivity contribution in [3.8, 4) is 0 Å². The quantitative estimate of drug-likeness (QED) is 0.399. The highest BCUT2D eigenvalue weighted by molar-refractivity contribution is 9.09. The maximum atomic E-state index is 12.1. The van der Waals surface area contributed by atoms with E-state index in [0.717, 1.165) is 24.7 Å². The zero-order valence-corrected chi connectivity index (χ0v) is 11.5. The van der Waals surface area contributed by atoms with E-state index in [2.05, 4.69) is 22.5 Å². The third kappa shape index (κ3) is 4.28. The fraction of sp³-hybridized carbons (Fsp3) is 0.769. The molecule has 0 aliphatic heterocycles. The van der Waals surface area contributed by atoms with Crippen molar-refractivity contribution in [1.29, 1.82) is 0 Å². The Morgan fingerprint density at radius 2 is 2.06 bits per heavy atom. The molecular weight excluding hydrogens is 266 g/mol. The van der Waals surface area contributed by atoms with E-state index >= 15 is 0 Å². The number of carbonyl (C=O) groups is 1. The van der Waals surface area contributed by atoms with Crippen LogP contribution in [0.3, 0.4) is 0 Å². The van der Waals surface area contributed by atoms with Crippen molar-refractivity contribution in [2.75, 3.05) is 11.9 Å². The van der Waals surface area contributed by atoms with Crippen molar-refractivity contribution in [3.63, 3.8) is 0 Å². The molecule has 0 bridgehead atoms. The number of halogens is 1. The van der Waals surface area contributed by atoms with Gasteiger partial charge in [-0.05, 0) is 25.7 Å². The summed E-state index contributed by atoms with van der Waals surface area (Å²) in [4.78, 5) is 14.1. The molecule has 1 amide bonds. The molecule has 16 heavy (non-hydrogen) atoms. The minimum absolute atomic E-state index is 0.313. The minimum atomic E-state index is 0.313. The summed E-state index contributed by atoms with van der Waals surface area (Å²) < 4.78 is 0. The lowest BCUT2D eigenvalue weighted by Gasteiger charge is -2.28. The van der Waals surface area contributed by atoms with Gasteiger partial charge in [-0.1, -0.05) is 34.8 Å². The van der Waals surface area contributed by atoms with Crippen LogP contribution < -0.4 is 0 Å². The van der Waals surface area contributed by atoms with E-state index < -0.39 is 0 Å². The summed E-state index contributed by atoms with van der Waals surface area (Å²) in [7, 11) is 0. The number of amides is 1. The van der Waals surface area contributed by atoms with Crippen molar-refractivity contribution in [2.45, 2.75) is 51.0 Å². The molecular formula is C13H22BrNO. The van der Waals surface area contributed by atoms with Gasteiger partial charge < -0.3 is 4.90 Å². The number of rotatable bonds is 7. The first kappa shape index (κ1) is 13.8. The van der Waals surface area contributed by atoms with E-state index in [4.69, 9.17) is 0 Å². The molecule has 2 nitrogen and oxygen atoms in total. The lowest BCUT2D eigenvalue weighted by atomic mass is 10.1. The van der Waals surface area contributed by atoms with E-state index in [9.17, 15) is 4.79 Å². The van der Waals surface area contributed by atoms with Gasteiger partial charge in [0.25, 0.3) is 0 Å². The van der Waals surface area contributed by atoms with Crippen molar-refractivity contribution < 1.29 is 4.79 Å². The van der Waals surface area contributed by atoms with Crippen LogP contribution in [0, 0.1) is 0 Å². The summed E-state index contributed by atoms with van der Waals surface area (Å²) in [6, 6.07) is 0.481. The molecule has 92 valence electrons. The maximum Gasteiger partial charge on any atom is 0.223 e. The first-order valence-electron chi connectivity index (χ1n) is 6.26. The van der Waals surface area contributed by atoms with E-state index in [1.54, 1.807) is 0 Å². The molecule has 0 aromatic carbocycles. The molecule has 0 N–H and O–H groups in total. The minimum Gasteiger partial charge on any atom is -0.336 e. The average molecular weight is 288 g/mol. The Kier molecular flexibility index (Phi) is 6.78. The average Bonchev–Trinajstić information content (AvgIpc) is 2.79. The van der Waals surface area contributed by atoms with Gasteiger partial charge >= 0.3 is 0 Å². The third-order valence-electron chi connectivity index (χ3n) is 3.19. The Bertz CT molecular complexity index is 224. The number of hydrogen-bond acceptors (Lipinski definition) is 1. The summed E-state index contributed by atoms with van der Waals surface area (Å²) in [5, 5.41) is 0.991. The Labute approximate surface area is 107 Å². The first-order chi connectivity index (χ1) is 7.79. The normalized spacial score (nSPS) is 16.3. The molecule has 0 radical (unpaired) electrons. The highest BCUT2D eigenvalue weighted by Gasteiger charge is 2.24. The largest absolute Gasteiger partial charge is 0.336 e. The summed E-state index contributed by atoms with van der Waals surface area (Å²) in [5.41, 5.74) is 0. The van der Waals surface area contributed by atoms with Crippen LogP contribution in [-0.4, -0.2) is 28.7 Å². The topological polar surface area (TPSA) is 20.3 Å². The standard InChI is InChI=1S/C13H22BrNO/c1-2-11-15(12-7-3-4-8-12)13(16)9-5-6-10-14/h2,12H,1,3-11H2. The molecule has 0 heterocycles. The molecule has 1 fully saturated rings. The molecule has 1 rings (SSSR count). The molecule has 3 heteroatoms. The number of alkyl halides is 1. The van der Waals surface area contributed by atoms with Crippen LogP contribution >= 0.6 is 15.9 Å². The van der Waals surface area contributed by atoms with Crippen LogP contribution in [0.5, 0.6) is 0 Å². The molecule has 0 aromatic heterocycles. The molecule has 1 aliphatic carbocycles. The van der Waals surface area contributed by atoms with Crippen LogP contribution in [-0.2, 0) is 4.79 Å². The molecule has 1 aliphatic rings. The molecule has 0 aromatic rings. The van der Waals surface area contributed by atoms with Crippen LogP contribution in [0.15, 0.2) is 12.7 Å². The lowest BCUT2D eigenvalue weighted by molar-refractivity contribution is -0.132. The van der Waals surface area contributed by atoms with Crippen molar-refractivity contribution in [3.05, 3.63) is 12.7 Å². The fourth-order valence-electron chi connectivity index (χ4n) is 2.32. The second kappa shape index (κ2) is 7.88. The summed E-state index contributed by atoms with van der Waals surface area (Å²) in [5.74, 6) is 0.313. The van der Waals surface area contributed by atoms with Crippen LogP contribution in [0.2, 0.25) is 0 Å². The Morgan fingerprint density at radius 3 is 2.62 bits per heavy atom. The van der Waals surface area contributed by atoms with Gasteiger partial charge in [0.2, 0.25) is 5.91 Å². The predicted octanol–water partition coefficient (Wildman–Crippen LogP) is 3.51. The van der Waals surface area contributed by atoms with Crippen LogP contribution in [0.4, 0.5) is 0 Å². The lowest BCUT2D eigenvalue weighted by Crippen LogP contribution is -2.38. The number of hydrogen-bond donors (Lipinski definition) is 0. The smallest absolute Gasteiger partial charge is 0.223 e. The van der Waals surface area contributed by atoms with Gasteiger partial charge in [-0.15, -0.1) is 6.58 Å². The zero-order chi connectivity index (χ0) is 11.8. The predicted molar refractivity (Wildman–Crippen MR) is 71.8 cm³/mol. The van der Waals surface area contributed by atoms with Crippen molar-refractivity contribution in [2.24, 2.45) is 0 Å². The Balaban J connectivity index is 2.41. The Morgan fingerprint density at radius 1 is 1.38 bits per heavy atom. The fourth-order valence-corrected chi connectivity index (χ4v) is 2.72. The van der Waals surface area contributed by atoms with Gasteiger partial charge in [-0.3, -0.25) is 4.79 Å². The summed E-state index contributed by atoms with van der Waals surface area (Å²) in [6.45, 7) is 4.47. The van der Waals surface area contributed by atoms with Gasteiger partial charge in [0, 0.05) is 24.3 Å². The van der Waals surface area contributed by atoms with Gasteiger partial charge in [0.1, 0.15) is 0 Å². The second-order valence-corrected chi connectivity index (χ2v) is 5.21. The second-order valence-electron chi connectivity index (χ2n) is 4.42. The van der Waals surface area contributed by atoms with Crippen LogP contribution in [0.25, 0.3) is 0 Å². The highest BCUT2D eigenvalue weighted by atomic mass is 79.9. The monoisotopic (exact) mass is 287 g/mol. The van der Waals surface area contributed by atoms with E-state index in [-0.39, 0.29) is 0 Å². The Hall–Kier alpha value is -0.310. The summed E-state index contributed by atoms with van der Waals surface area (Å²) in [6.07, 6.45) is 9.51. The maximum absolute atomic E-state index is 12.1. The molecule has 0 saturated heterocycles. The first-order valence-corrected chi connectivity index (χ1v) is 7.38. The summed E-state index contributed by atoms with van der Waals surface area (Å²) >= 11 is 3.39. The third-order valence-corrected chi connectivity index (χ3v) is 3.75. The van der Waals surface area contributed by atoms with Gasteiger partial charge in [-0.25, -0.2) is 0 Å². The SMILES string of the molecule is C=CCN(C(=O)CCCCBr)C1CCCC1. The van der Waals surface area contributed by atoms with Crippen molar-refractivity contribution in [1.82, 2.24) is 4.90 Å². The van der Waals surface area contributed by atoms with E-state index in [0.29, 0.717) is 18.4 Å². The number of nitrogens with zero attached hydrogens (tertiary/aromatic N) is 1. The molecule has 1 saturated carbocycles. The van der Waals surface area contributed by atoms with Gasteiger partial charge in [-0.2, -0.15) is 0 Å². The number of carbonyl (C=O) groups excluding carboxylic acids is 1. The van der Waals surface area contributed by atoms with E-state index in [1.807, 2.05) is 11.0 Å². The number of unbranched alkanes of at least 4 members (excludes halogenated alkanes) is 1. The molecule has 0 spiro atoms. The highest BCUT2D eigenvalue weighted by Crippen LogP contribution is 2.24. The van der Waals surface area contributed by atoms with Crippen molar-refractivity contribution >= 4 is 21.8 Å². The van der Waals surface area contributed by atoms with Gasteiger partial charge in [0.15, 0.2) is 0 Å². The van der Waals surface area contributed by atoms with Gasteiger partial charge in [0.05, 0.1) is 0 Å². The molecule has 0 atom stereocenters. The zero-order valence-electron chi connectivity index (χ0n) is 9.96. The van der Waals surface area contributed by atoms with E-state index in [1.165, 1.54) is 25.7 Å². The molecule has 0 unspecified atom stereocenters. The van der Waals surface area contributed by atoms with Crippen LogP contribution in [0.1, 0.15) is 44.9 Å².